The summed E-state index contributed by atoms with van der Waals surface area (Å²) >= 11 is 6.86. The Morgan fingerprint density at radius 1 is 1.27 bits per heavy atom. The standard InChI is InChI=1S/C18H19NOS2/c1-13(11-14-7-3-2-4-8-14)12-16-17(20)19(18(21)22-16)15-9-5-6-10-15/h2-4,7-8,11-12,15H,5-6,9-10H2,1H3. The number of allylic oxidation sites excluding steroid dienone is 2. The molecule has 0 aromatic heterocycles. The van der Waals surface area contributed by atoms with E-state index in [1.165, 1.54) is 24.6 Å². The monoisotopic (exact) mass is 329 g/mol. The van der Waals surface area contributed by atoms with E-state index < -0.39 is 0 Å². The lowest BCUT2D eigenvalue weighted by atomic mass is 10.1. The quantitative estimate of drug-likeness (QED) is 0.588. The van der Waals surface area contributed by atoms with Crippen LogP contribution in [0.25, 0.3) is 6.08 Å². The van der Waals surface area contributed by atoms with E-state index in [1.54, 1.807) is 0 Å². The molecular weight excluding hydrogens is 310 g/mol. The van der Waals surface area contributed by atoms with Gasteiger partial charge < -0.3 is 0 Å². The minimum Gasteiger partial charge on any atom is -0.290 e. The van der Waals surface area contributed by atoms with Crippen LogP contribution in [0, 0.1) is 0 Å². The van der Waals surface area contributed by atoms with E-state index in [2.05, 4.69) is 18.2 Å². The number of nitrogens with zero attached hydrogens (tertiary/aromatic N) is 1. The molecule has 1 saturated heterocycles. The molecule has 1 amide bonds. The Labute approximate surface area is 141 Å². The summed E-state index contributed by atoms with van der Waals surface area (Å²) in [5.74, 6) is 0.0858. The first-order valence-electron chi connectivity index (χ1n) is 7.65. The van der Waals surface area contributed by atoms with Crippen molar-refractivity contribution in [2.75, 3.05) is 0 Å². The molecule has 0 N–H and O–H groups in total. The molecule has 0 bridgehead atoms. The lowest BCUT2D eigenvalue weighted by Crippen LogP contribution is -2.36. The molecule has 2 aliphatic rings. The lowest BCUT2D eigenvalue weighted by Gasteiger charge is -2.21. The number of thiocarbonyl (C=S) groups is 1. The number of hydrogen-bond donors (Lipinski definition) is 0. The zero-order chi connectivity index (χ0) is 15.5. The summed E-state index contributed by atoms with van der Waals surface area (Å²) in [6, 6.07) is 10.5. The maximum Gasteiger partial charge on any atom is 0.266 e. The van der Waals surface area contributed by atoms with Gasteiger partial charge in [-0.05, 0) is 37.0 Å². The van der Waals surface area contributed by atoms with Crippen molar-refractivity contribution in [3.63, 3.8) is 0 Å². The van der Waals surface area contributed by atoms with E-state index >= 15 is 0 Å². The van der Waals surface area contributed by atoms with Gasteiger partial charge in [-0.2, -0.15) is 0 Å². The number of benzene rings is 1. The molecule has 1 saturated carbocycles. The third kappa shape index (κ3) is 3.33. The second kappa shape index (κ2) is 6.80. The Kier molecular flexibility index (Phi) is 4.79. The van der Waals surface area contributed by atoms with Crippen LogP contribution in [0.3, 0.4) is 0 Å². The highest BCUT2D eigenvalue weighted by Crippen LogP contribution is 2.37. The molecule has 1 aliphatic heterocycles. The fourth-order valence-electron chi connectivity index (χ4n) is 3.02. The van der Waals surface area contributed by atoms with Crippen LogP contribution in [0.1, 0.15) is 38.2 Å². The van der Waals surface area contributed by atoms with Crippen molar-refractivity contribution in [3.05, 3.63) is 52.4 Å². The van der Waals surface area contributed by atoms with Crippen molar-refractivity contribution in [1.29, 1.82) is 0 Å². The van der Waals surface area contributed by atoms with Crippen LogP contribution in [0.15, 0.2) is 46.9 Å². The van der Waals surface area contributed by atoms with Gasteiger partial charge in [0.15, 0.2) is 0 Å². The highest BCUT2D eigenvalue weighted by Gasteiger charge is 2.37. The predicted molar refractivity (Wildman–Crippen MR) is 97.5 cm³/mol. The summed E-state index contributed by atoms with van der Waals surface area (Å²) in [7, 11) is 0. The minimum atomic E-state index is 0.0858. The Hall–Kier alpha value is -1.39. The van der Waals surface area contributed by atoms with E-state index in [9.17, 15) is 4.79 Å². The van der Waals surface area contributed by atoms with Gasteiger partial charge in [0.2, 0.25) is 0 Å². The van der Waals surface area contributed by atoms with Gasteiger partial charge in [0.05, 0.1) is 4.91 Å². The number of carbonyl (C=O) groups excluding carboxylic acids is 1. The largest absolute Gasteiger partial charge is 0.290 e. The smallest absolute Gasteiger partial charge is 0.266 e. The average Bonchev–Trinajstić information content (AvgIpc) is 3.09. The number of carbonyl (C=O) groups is 1. The van der Waals surface area contributed by atoms with Gasteiger partial charge in [-0.15, -0.1) is 0 Å². The molecule has 3 rings (SSSR count). The maximum absolute atomic E-state index is 12.6. The molecule has 114 valence electrons. The van der Waals surface area contributed by atoms with Crippen LogP contribution in [-0.4, -0.2) is 21.2 Å². The van der Waals surface area contributed by atoms with Gasteiger partial charge in [0.25, 0.3) is 5.91 Å². The third-order valence-electron chi connectivity index (χ3n) is 4.07. The van der Waals surface area contributed by atoms with Crippen molar-refractivity contribution < 1.29 is 4.79 Å². The van der Waals surface area contributed by atoms with Gasteiger partial charge in [-0.25, -0.2) is 0 Å². The first-order valence-corrected chi connectivity index (χ1v) is 8.88. The van der Waals surface area contributed by atoms with Gasteiger partial charge in [-0.1, -0.05) is 73.2 Å². The molecule has 0 unspecified atom stereocenters. The van der Waals surface area contributed by atoms with Gasteiger partial charge >= 0.3 is 0 Å². The van der Waals surface area contributed by atoms with Crippen molar-refractivity contribution in [3.8, 4) is 0 Å². The Morgan fingerprint density at radius 2 is 1.95 bits per heavy atom. The number of thioether (sulfide) groups is 1. The fraction of sp³-hybridized carbons (Fsp3) is 0.333. The van der Waals surface area contributed by atoms with E-state index in [1.807, 2.05) is 36.1 Å². The van der Waals surface area contributed by atoms with Crippen molar-refractivity contribution in [2.24, 2.45) is 0 Å². The molecule has 4 heteroatoms. The maximum atomic E-state index is 12.6. The molecule has 0 atom stereocenters. The average molecular weight is 329 g/mol. The zero-order valence-electron chi connectivity index (χ0n) is 12.6. The van der Waals surface area contributed by atoms with E-state index in [-0.39, 0.29) is 5.91 Å². The van der Waals surface area contributed by atoms with Gasteiger partial charge in [0, 0.05) is 6.04 Å². The molecule has 1 aromatic rings. The topological polar surface area (TPSA) is 20.3 Å². The lowest BCUT2D eigenvalue weighted by molar-refractivity contribution is -0.123. The second-order valence-corrected chi connectivity index (χ2v) is 7.46. The van der Waals surface area contributed by atoms with Crippen LogP contribution >= 0.6 is 24.0 Å². The molecule has 2 fully saturated rings. The Balaban J connectivity index is 1.78. The Morgan fingerprint density at radius 3 is 2.64 bits per heavy atom. The van der Waals surface area contributed by atoms with E-state index in [0.29, 0.717) is 6.04 Å². The molecule has 1 aromatic carbocycles. The predicted octanol–water partition coefficient (Wildman–Crippen LogP) is 4.78. The molecule has 0 radical (unpaired) electrons. The third-order valence-corrected chi connectivity index (χ3v) is 5.40. The van der Waals surface area contributed by atoms with Crippen LogP contribution in [0.5, 0.6) is 0 Å². The van der Waals surface area contributed by atoms with Gasteiger partial charge in [0.1, 0.15) is 4.32 Å². The number of hydrogen-bond acceptors (Lipinski definition) is 3. The van der Waals surface area contributed by atoms with Crippen LogP contribution in [0.4, 0.5) is 0 Å². The van der Waals surface area contributed by atoms with Crippen molar-refractivity contribution in [1.82, 2.24) is 4.90 Å². The van der Waals surface area contributed by atoms with Crippen LogP contribution in [0.2, 0.25) is 0 Å². The van der Waals surface area contributed by atoms with Crippen LogP contribution in [-0.2, 0) is 4.79 Å². The fourth-order valence-corrected chi connectivity index (χ4v) is 4.47. The summed E-state index contributed by atoms with van der Waals surface area (Å²) in [6.07, 6.45) is 8.61. The summed E-state index contributed by atoms with van der Waals surface area (Å²) in [5, 5.41) is 0. The molecule has 0 spiro atoms. The first kappa shape index (κ1) is 15.5. The highest BCUT2D eigenvalue weighted by atomic mass is 32.2. The SMILES string of the molecule is CC(=Cc1ccccc1)C=C1SC(=S)N(C2CCCC2)C1=O. The zero-order valence-corrected chi connectivity index (χ0v) is 14.3. The molecule has 2 nitrogen and oxygen atoms in total. The number of rotatable bonds is 3. The Bertz CT molecular complexity index is 642. The molecule has 1 aliphatic carbocycles. The second-order valence-electron chi connectivity index (χ2n) is 5.79. The first-order chi connectivity index (χ1) is 10.6. The normalized spacial score (nSPS) is 22.1. The minimum absolute atomic E-state index is 0.0858. The highest BCUT2D eigenvalue weighted by molar-refractivity contribution is 8.26. The summed E-state index contributed by atoms with van der Waals surface area (Å²) < 4.78 is 0.718. The molecular formula is C18H19NOS2. The summed E-state index contributed by atoms with van der Waals surface area (Å²) in [4.78, 5) is 15.2. The molecule has 1 heterocycles. The van der Waals surface area contributed by atoms with Gasteiger partial charge in [-0.3, -0.25) is 9.69 Å². The number of amides is 1. The van der Waals surface area contributed by atoms with Crippen LogP contribution < -0.4 is 0 Å². The summed E-state index contributed by atoms with van der Waals surface area (Å²) in [6.45, 7) is 2.02. The van der Waals surface area contributed by atoms with E-state index in [4.69, 9.17) is 12.2 Å². The van der Waals surface area contributed by atoms with Crippen molar-refractivity contribution in [2.45, 2.75) is 38.6 Å². The van der Waals surface area contributed by atoms with Crippen molar-refractivity contribution >= 4 is 40.3 Å². The van der Waals surface area contributed by atoms with E-state index in [0.717, 1.165) is 33.2 Å². The summed E-state index contributed by atoms with van der Waals surface area (Å²) in [5.41, 5.74) is 2.21. The molecule has 22 heavy (non-hydrogen) atoms.